The van der Waals surface area contributed by atoms with E-state index in [0.29, 0.717) is 11.7 Å². The number of carbonyl (C=O) groups excluding carboxylic acids is 1. The monoisotopic (exact) mass is 447 g/mol. The summed E-state index contributed by atoms with van der Waals surface area (Å²) in [6.07, 6.45) is 11.6. The van der Waals surface area contributed by atoms with Gasteiger partial charge >= 0.3 is 0 Å². The molecule has 2 heterocycles. The highest BCUT2D eigenvalue weighted by Crippen LogP contribution is 2.31. The van der Waals surface area contributed by atoms with E-state index in [1.807, 2.05) is 35.8 Å². The number of hydrogen-bond donors (Lipinski definition) is 1. The smallest absolute Gasteiger partial charge is 0.233 e. The Morgan fingerprint density at radius 2 is 1.97 bits per heavy atom. The van der Waals surface area contributed by atoms with Crippen LogP contribution in [0.25, 0.3) is 17.1 Å². The molecule has 0 spiro atoms. The molecule has 1 N–H and O–H groups in total. The van der Waals surface area contributed by atoms with Crippen LogP contribution in [0.2, 0.25) is 0 Å². The van der Waals surface area contributed by atoms with Crippen molar-refractivity contribution in [3.8, 4) is 17.1 Å². The number of nitrogens with one attached hydrogen (secondary N) is 1. The van der Waals surface area contributed by atoms with E-state index in [-0.39, 0.29) is 11.2 Å². The number of para-hydroxylation sites is 1. The van der Waals surface area contributed by atoms with Crippen LogP contribution in [0.3, 0.4) is 0 Å². The fraction of sp³-hybridized carbons (Fsp3) is 0.360. The van der Waals surface area contributed by atoms with Gasteiger partial charge in [-0.15, -0.1) is 10.2 Å². The molecule has 1 atom stereocenters. The second kappa shape index (κ2) is 10.6. The van der Waals surface area contributed by atoms with E-state index in [1.165, 1.54) is 36.6 Å². The number of thioether (sulfide) groups is 1. The fourth-order valence-electron chi connectivity index (χ4n) is 3.90. The Balaban J connectivity index is 1.51. The van der Waals surface area contributed by atoms with E-state index in [1.54, 1.807) is 12.4 Å². The summed E-state index contributed by atoms with van der Waals surface area (Å²) in [6, 6.07) is 12.0. The summed E-state index contributed by atoms with van der Waals surface area (Å²) >= 11 is 1.43. The fourth-order valence-corrected chi connectivity index (χ4v) is 4.78. The number of hydrogen-bond acceptors (Lipinski definition) is 5. The zero-order valence-corrected chi connectivity index (χ0v) is 19.4. The van der Waals surface area contributed by atoms with E-state index in [4.69, 9.17) is 0 Å². The summed E-state index contributed by atoms with van der Waals surface area (Å²) in [5.74, 6) is 0.761. The molecule has 7 heteroatoms. The van der Waals surface area contributed by atoms with E-state index in [0.717, 1.165) is 35.5 Å². The van der Waals surface area contributed by atoms with Gasteiger partial charge in [-0.2, -0.15) is 0 Å². The molecule has 1 aliphatic carbocycles. The first kappa shape index (κ1) is 22.3. The lowest BCUT2D eigenvalue weighted by Gasteiger charge is -2.16. The van der Waals surface area contributed by atoms with Gasteiger partial charge in [0.15, 0.2) is 11.0 Å². The molecule has 32 heavy (non-hydrogen) atoms. The predicted octanol–water partition coefficient (Wildman–Crippen LogP) is 5.13. The van der Waals surface area contributed by atoms with Gasteiger partial charge < -0.3 is 5.32 Å². The van der Waals surface area contributed by atoms with E-state index in [9.17, 15) is 4.79 Å². The average Bonchev–Trinajstić information content (AvgIpc) is 3.23. The zero-order valence-electron chi connectivity index (χ0n) is 18.6. The maximum atomic E-state index is 12.8. The van der Waals surface area contributed by atoms with Crippen molar-refractivity contribution in [1.29, 1.82) is 0 Å². The predicted molar refractivity (Wildman–Crippen MR) is 129 cm³/mol. The van der Waals surface area contributed by atoms with Crippen LogP contribution in [-0.4, -0.2) is 37.5 Å². The van der Waals surface area contributed by atoms with Crippen LogP contribution >= 0.6 is 11.8 Å². The van der Waals surface area contributed by atoms with Crippen molar-refractivity contribution >= 4 is 17.7 Å². The molecule has 0 aliphatic heterocycles. The summed E-state index contributed by atoms with van der Waals surface area (Å²) in [4.78, 5) is 16.9. The lowest BCUT2D eigenvalue weighted by atomic mass is 9.97. The van der Waals surface area contributed by atoms with Gasteiger partial charge in [-0.3, -0.25) is 14.3 Å². The number of carbonyl (C=O) groups is 1. The molecule has 0 radical (unpaired) electrons. The molecule has 0 fully saturated rings. The van der Waals surface area contributed by atoms with Crippen LogP contribution in [0.5, 0.6) is 0 Å². The van der Waals surface area contributed by atoms with Gasteiger partial charge in [0.05, 0.1) is 10.9 Å². The summed E-state index contributed by atoms with van der Waals surface area (Å²) < 4.78 is 2.03. The minimum Gasteiger partial charge on any atom is -0.355 e. The minimum absolute atomic E-state index is 0.0243. The van der Waals surface area contributed by atoms with Crippen LogP contribution in [0.4, 0.5) is 0 Å². The SMILES string of the molecule is Cc1ccccc1-n1c(S[C@H](C)C(=O)NCCC2=CCCCC2)nnc1-c1ccncc1. The summed E-state index contributed by atoms with van der Waals surface area (Å²) in [5, 5.41) is 12.4. The van der Waals surface area contributed by atoms with Gasteiger partial charge in [0.2, 0.25) is 5.91 Å². The highest BCUT2D eigenvalue weighted by atomic mass is 32.2. The van der Waals surface area contributed by atoms with Crippen molar-refractivity contribution in [3.05, 3.63) is 66.0 Å². The summed E-state index contributed by atoms with van der Waals surface area (Å²) in [7, 11) is 0. The molecule has 1 aliphatic rings. The lowest BCUT2D eigenvalue weighted by molar-refractivity contribution is -0.120. The number of allylic oxidation sites excluding steroid dienone is 1. The van der Waals surface area contributed by atoms with Gasteiger partial charge in [0, 0.05) is 24.5 Å². The van der Waals surface area contributed by atoms with Crippen LogP contribution in [0.1, 0.15) is 44.6 Å². The maximum Gasteiger partial charge on any atom is 0.233 e. The van der Waals surface area contributed by atoms with Gasteiger partial charge in [-0.05, 0) is 69.7 Å². The van der Waals surface area contributed by atoms with Gasteiger partial charge in [0.25, 0.3) is 0 Å². The number of aryl methyl sites for hydroxylation is 1. The number of benzene rings is 1. The Labute approximate surface area is 193 Å². The van der Waals surface area contributed by atoms with Crippen LogP contribution < -0.4 is 5.32 Å². The first-order valence-electron chi connectivity index (χ1n) is 11.2. The first-order chi connectivity index (χ1) is 15.6. The molecular formula is C25H29N5OS. The Morgan fingerprint density at radius 1 is 1.16 bits per heavy atom. The lowest BCUT2D eigenvalue weighted by Crippen LogP contribution is -2.32. The minimum atomic E-state index is -0.285. The van der Waals surface area contributed by atoms with Crippen molar-refractivity contribution in [2.45, 2.75) is 56.4 Å². The van der Waals surface area contributed by atoms with Crippen LogP contribution in [-0.2, 0) is 4.79 Å². The standard InChI is InChI=1S/C25H29N5OS/c1-18-8-6-7-11-22(18)30-23(21-13-15-26-16-14-21)28-29-25(30)32-19(2)24(31)27-17-12-20-9-4-3-5-10-20/h6-9,11,13-16,19H,3-5,10,12,17H2,1-2H3,(H,27,31)/t19-/m1/s1. The molecule has 0 saturated heterocycles. The van der Waals surface area contributed by atoms with Gasteiger partial charge in [0.1, 0.15) is 0 Å². The van der Waals surface area contributed by atoms with E-state index in [2.05, 4.69) is 45.6 Å². The largest absolute Gasteiger partial charge is 0.355 e. The first-order valence-corrected chi connectivity index (χ1v) is 12.1. The Hall–Kier alpha value is -2.93. The molecule has 6 nitrogen and oxygen atoms in total. The number of nitrogens with zero attached hydrogens (tertiary/aromatic N) is 4. The quantitative estimate of drug-likeness (QED) is 0.383. The summed E-state index contributed by atoms with van der Waals surface area (Å²) in [6.45, 7) is 4.67. The van der Waals surface area contributed by atoms with E-state index >= 15 is 0 Å². The number of aromatic nitrogens is 4. The molecule has 0 saturated carbocycles. The van der Waals surface area contributed by atoms with Crippen molar-refractivity contribution in [2.24, 2.45) is 0 Å². The Kier molecular flexibility index (Phi) is 7.37. The second-order valence-electron chi connectivity index (χ2n) is 8.07. The molecule has 3 aromatic rings. The van der Waals surface area contributed by atoms with Crippen molar-refractivity contribution in [2.75, 3.05) is 6.54 Å². The molecule has 0 unspecified atom stereocenters. The zero-order chi connectivity index (χ0) is 22.3. The third-order valence-corrected chi connectivity index (χ3v) is 6.75. The highest BCUT2D eigenvalue weighted by Gasteiger charge is 2.22. The highest BCUT2D eigenvalue weighted by molar-refractivity contribution is 8.00. The Bertz CT molecular complexity index is 1090. The number of amides is 1. The molecule has 1 aromatic carbocycles. The molecular weight excluding hydrogens is 418 g/mol. The van der Waals surface area contributed by atoms with Crippen LogP contribution in [0.15, 0.2) is 65.6 Å². The number of rotatable bonds is 8. The molecule has 2 aromatic heterocycles. The second-order valence-corrected chi connectivity index (χ2v) is 9.38. The van der Waals surface area contributed by atoms with Crippen molar-refractivity contribution in [3.63, 3.8) is 0 Å². The van der Waals surface area contributed by atoms with E-state index < -0.39 is 0 Å². The third-order valence-electron chi connectivity index (χ3n) is 5.71. The molecule has 166 valence electrons. The summed E-state index contributed by atoms with van der Waals surface area (Å²) in [5.41, 5.74) is 4.52. The van der Waals surface area contributed by atoms with Crippen molar-refractivity contribution in [1.82, 2.24) is 25.1 Å². The molecule has 1 amide bonds. The Morgan fingerprint density at radius 3 is 2.72 bits per heavy atom. The maximum absolute atomic E-state index is 12.8. The molecule has 4 rings (SSSR count). The van der Waals surface area contributed by atoms with Gasteiger partial charge in [-0.25, -0.2) is 0 Å². The molecule has 0 bridgehead atoms. The third kappa shape index (κ3) is 5.27. The number of pyridine rings is 1. The average molecular weight is 448 g/mol. The normalized spacial score (nSPS) is 14.6. The van der Waals surface area contributed by atoms with Gasteiger partial charge in [-0.1, -0.05) is 41.6 Å². The van der Waals surface area contributed by atoms with Crippen molar-refractivity contribution < 1.29 is 4.79 Å². The topological polar surface area (TPSA) is 72.7 Å². The van der Waals surface area contributed by atoms with Crippen LogP contribution in [0, 0.1) is 6.92 Å².